The van der Waals surface area contributed by atoms with Crippen molar-refractivity contribution in [2.75, 3.05) is 0 Å². The first-order valence-electron chi connectivity index (χ1n) is 4.46. The molecule has 2 aromatic rings. The molecular formula is C8H6Cl2N4O2S. The van der Waals surface area contributed by atoms with Crippen LogP contribution in [0, 0.1) is 0 Å². The average Bonchev–Trinajstić information content (AvgIpc) is 2.83. The number of rotatable bonds is 3. The van der Waals surface area contributed by atoms with Crippen LogP contribution in [0.3, 0.4) is 0 Å². The molecule has 0 bridgehead atoms. The molecule has 0 spiro atoms. The molecule has 0 amide bonds. The van der Waals surface area contributed by atoms with Crippen LogP contribution in [0.2, 0.25) is 8.67 Å². The fourth-order valence-corrected chi connectivity index (χ4v) is 2.68. The van der Waals surface area contributed by atoms with Crippen molar-refractivity contribution in [3.63, 3.8) is 0 Å². The van der Waals surface area contributed by atoms with E-state index in [4.69, 9.17) is 28.3 Å². The number of aliphatic carboxylic acids is 1. The molecule has 90 valence electrons. The van der Waals surface area contributed by atoms with Crippen LogP contribution in [0.4, 0.5) is 0 Å². The summed E-state index contributed by atoms with van der Waals surface area (Å²) in [5.74, 6) is -0.746. The summed E-state index contributed by atoms with van der Waals surface area (Å²) in [5.41, 5.74) is 0.528. The number of carbonyl (C=O) groups is 1. The van der Waals surface area contributed by atoms with Gasteiger partial charge in [-0.15, -0.1) is 16.4 Å². The summed E-state index contributed by atoms with van der Waals surface area (Å²) >= 11 is 13.0. The van der Waals surface area contributed by atoms with Gasteiger partial charge < -0.3 is 5.11 Å². The first-order chi connectivity index (χ1) is 8.00. The Balaban J connectivity index is 2.50. The molecule has 0 aromatic carbocycles. The molecule has 2 rings (SSSR count). The Morgan fingerprint density at radius 1 is 1.59 bits per heavy atom. The molecule has 0 aliphatic carbocycles. The second-order valence-corrected chi connectivity index (χ2v) is 5.48. The van der Waals surface area contributed by atoms with Gasteiger partial charge in [0.2, 0.25) is 0 Å². The normalized spacial score (nSPS) is 12.6. The van der Waals surface area contributed by atoms with E-state index in [0.29, 0.717) is 14.2 Å². The van der Waals surface area contributed by atoms with Gasteiger partial charge in [0, 0.05) is 0 Å². The summed E-state index contributed by atoms with van der Waals surface area (Å²) in [6.45, 7) is 1.48. The molecule has 0 aliphatic heterocycles. The van der Waals surface area contributed by atoms with Gasteiger partial charge in [-0.3, -0.25) is 0 Å². The average molecular weight is 293 g/mol. The van der Waals surface area contributed by atoms with Crippen LogP contribution in [0.15, 0.2) is 6.07 Å². The van der Waals surface area contributed by atoms with Crippen LogP contribution in [-0.2, 0) is 4.79 Å². The molecule has 0 saturated heterocycles. The van der Waals surface area contributed by atoms with E-state index in [-0.39, 0.29) is 5.82 Å². The van der Waals surface area contributed by atoms with Crippen molar-refractivity contribution in [2.45, 2.75) is 13.0 Å². The number of thiophene rings is 1. The first kappa shape index (κ1) is 12.3. The first-order valence-corrected chi connectivity index (χ1v) is 6.04. The predicted molar refractivity (Wildman–Crippen MR) is 63.5 cm³/mol. The highest BCUT2D eigenvalue weighted by Crippen LogP contribution is 2.37. The van der Waals surface area contributed by atoms with Crippen molar-refractivity contribution in [1.29, 1.82) is 0 Å². The summed E-state index contributed by atoms with van der Waals surface area (Å²) < 4.78 is 2.10. The van der Waals surface area contributed by atoms with Crippen LogP contribution in [-0.4, -0.2) is 31.3 Å². The topological polar surface area (TPSA) is 80.9 Å². The van der Waals surface area contributed by atoms with Crippen molar-refractivity contribution in [2.24, 2.45) is 0 Å². The lowest BCUT2D eigenvalue weighted by Gasteiger charge is -2.07. The smallest absolute Gasteiger partial charge is 0.328 e. The highest BCUT2D eigenvalue weighted by molar-refractivity contribution is 7.20. The number of halogens is 2. The van der Waals surface area contributed by atoms with E-state index in [1.165, 1.54) is 22.9 Å². The van der Waals surface area contributed by atoms with Gasteiger partial charge in [-0.25, -0.2) is 9.48 Å². The van der Waals surface area contributed by atoms with Crippen molar-refractivity contribution >= 4 is 40.5 Å². The van der Waals surface area contributed by atoms with E-state index in [1.54, 1.807) is 6.07 Å². The van der Waals surface area contributed by atoms with Gasteiger partial charge in [0.05, 0.1) is 9.90 Å². The monoisotopic (exact) mass is 292 g/mol. The van der Waals surface area contributed by atoms with Crippen LogP contribution >= 0.6 is 34.5 Å². The second-order valence-electron chi connectivity index (χ2n) is 3.20. The van der Waals surface area contributed by atoms with E-state index in [2.05, 4.69) is 15.5 Å². The van der Waals surface area contributed by atoms with Gasteiger partial charge in [-0.05, 0) is 23.4 Å². The van der Waals surface area contributed by atoms with Crippen molar-refractivity contribution in [3.8, 4) is 11.4 Å². The number of tetrazole rings is 1. The largest absolute Gasteiger partial charge is 0.480 e. The number of nitrogens with zero attached hydrogens (tertiary/aromatic N) is 4. The molecule has 0 aliphatic rings. The lowest BCUT2D eigenvalue weighted by Crippen LogP contribution is -2.17. The van der Waals surface area contributed by atoms with Crippen LogP contribution < -0.4 is 0 Å². The lowest BCUT2D eigenvalue weighted by molar-refractivity contribution is -0.140. The van der Waals surface area contributed by atoms with Gasteiger partial charge in [0.1, 0.15) is 4.34 Å². The Labute approximate surface area is 110 Å². The third-order valence-electron chi connectivity index (χ3n) is 2.11. The molecule has 1 atom stereocenters. The maximum Gasteiger partial charge on any atom is 0.328 e. The van der Waals surface area contributed by atoms with Gasteiger partial charge in [-0.1, -0.05) is 23.2 Å². The van der Waals surface area contributed by atoms with E-state index in [1.807, 2.05) is 0 Å². The quantitative estimate of drug-likeness (QED) is 0.939. The Morgan fingerprint density at radius 3 is 2.82 bits per heavy atom. The molecule has 2 aromatic heterocycles. The molecular weight excluding hydrogens is 287 g/mol. The predicted octanol–water partition coefficient (Wildman–Crippen LogP) is 2.35. The van der Waals surface area contributed by atoms with E-state index >= 15 is 0 Å². The van der Waals surface area contributed by atoms with Crippen LogP contribution in [0.25, 0.3) is 11.4 Å². The van der Waals surface area contributed by atoms with Crippen molar-refractivity contribution in [1.82, 2.24) is 20.2 Å². The maximum atomic E-state index is 10.9. The Hall–Kier alpha value is -1.18. The van der Waals surface area contributed by atoms with Gasteiger partial charge >= 0.3 is 5.97 Å². The van der Waals surface area contributed by atoms with Gasteiger partial charge in [0.15, 0.2) is 11.9 Å². The Kier molecular flexibility index (Phi) is 3.32. The fraction of sp³-hybridized carbons (Fsp3) is 0.250. The fourth-order valence-electron chi connectivity index (χ4n) is 1.23. The minimum absolute atomic E-state index is 0.285. The second kappa shape index (κ2) is 4.59. The summed E-state index contributed by atoms with van der Waals surface area (Å²) in [7, 11) is 0. The van der Waals surface area contributed by atoms with Crippen LogP contribution in [0.5, 0.6) is 0 Å². The van der Waals surface area contributed by atoms with Crippen molar-refractivity contribution < 1.29 is 9.90 Å². The molecule has 6 nitrogen and oxygen atoms in total. The highest BCUT2D eigenvalue weighted by Gasteiger charge is 2.22. The van der Waals surface area contributed by atoms with E-state index in [9.17, 15) is 4.79 Å². The summed E-state index contributed by atoms with van der Waals surface area (Å²) in [6, 6.07) is 0.723. The standard InChI is InChI=1S/C8H6Cl2N4O2S/c1-3(8(15)16)14-7(11-12-13-14)4-2-5(9)17-6(4)10/h2-3H,1H3,(H,15,16). The van der Waals surface area contributed by atoms with E-state index in [0.717, 1.165) is 0 Å². The van der Waals surface area contributed by atoms with E-state index < -0.39 is 12.0 Å². The molecule has 2 heterocycles. The maximum absolute atomic E-state index is 10.9. The number of carboxylic acids is 1. The summed E-state index contributed by atoms with van der Waals surface area (Å²) in [5, 5.41) is 19.8. The number of hydrogen-bond donors (Lipinski definition) is 1. The molecule has 1 N–H and O–H groups in total. The Morgan fingerprint density at radius 2 is 2.29 bits per heavy atom. The summed E-state index contributed by atoms with van der Waals surface area (Å²) in [6.07, 6.45) is 0. The zero-order valence-corrected chi connectivity index (χ0v) is 10.8. The number of aromatic nitrogens is 4. The highest BCUT2D eigenvalue weighted by atomic mass is 35.5. The molecule has 1 unspecified atom stereocenters. The molecule has 0 radical (unpaired) electrons. The number of carboxylic acid groups (broad SMARTS) is 1. The molecule has 0 saturated carbocycles. The molecule has 17 heavy (non-hydrogen) atoms. The zero-order chi connectivity index (χ0) is 12.6. The minimum Gasteiger partial charge on any atom is -0.480 e. The molecule has 0 fully saturated rings. The molecule has 9 heteroatoms. The third kappa shape index (κ3) is 2.26. The number of hydrogen-bond acceptors (Lipinski definition) is 5. The lowest BCUT2D eigenvalue weighted by atomic mass is 10.3. The third-order valence-corrected chi connectivity index (χ3v) is 3.60. The van der Waals surface area contributed by atoms with Crippen molar-refractivity contribution in [3.05, 3.63) is 14.7 Å². The zero-order valence-electron chi connectivity index (χ0n) is 8.46. The minimum atomic E-state index is -1.03. The van der Waals surface area contributed by atoms with Gasteiger partial charge in [-0.2, -0.15) is 0 Å². The SMILES string of the molecule is CC(C(=O)O)n1nnnc1-c1cc(Cl)sc1Cl. The van der Waals surface area contributed by atoms with Gasteiger partial charge in [0.25, 0.3) is 0 Å². The van der Waals surface area contributed by atoms with Crippen LogP contribution in [0.1, 0.15) is 13.0 Å². The summed E-state index contributed by atoms with van der Waals surface area (Å²) in [4.78, 5) is 10.9. The Bertz CT molecular complexity index is 568.